The van der Waals surface area contributed by atoms with Gasteiger partial charge in [-0.2, -0.15) is 5.10 Å². The molecular weight excluding hydrogens is 506 g/mol. The summed E-state index contributed by atoms with van der Waals surface area (Å²) in [7, 11) is 1.54. The molecular formula is C29H24ClN3O5. The van der Waals surface area contributed by atoms with E-state index in [0.29, 0.717) is 38.7 Å². The number of hydrazone groups is 1. The van der Waals surface area contributed by atoms with E-state index in [4.69, 9.17) is 21.4 Å². The number of aromatic nitrogens is 1. The highest BCUT2D eigenvalue weighted by molar-refractivity contribution is 6.30. The van der Waals surface area contributed by atoms with Gasteiger partial charge in [0.05, 0.1) is 30.8 Å². The number of aromatic amines is 1. The highest BCUT2D eigenvalue weighted by atomic mass is 35.5. The summed E-state index contributed by atoms with van der Waals surface area (Å²) in [5, 5.41) is 16.5. The normalized spacial score (nSPS) is 14.9. The first-order valence-corrected chi connectivity index (χ1v) is 12.4. The molecule has 4 aromatic rings. The third-order valence-corrected chi connectivity index (χ3v) is 6.81. The number of methoxy groups -OCH3 is 1. The molecule has 0 saturated carbocycles. The van der Waals surface area contributed by atoms with Crippen molar-refractivity contribution in [3.63, 3.8) is 0 Å². The van der Waals surface area contributed by atoms with Crippen LogP contribution in [0.2, 0.25) is 5.02 Å². The third kappa shape index (κ3) is 4.78. The van der Waals surface area contributed by atoms with E-state index in [-0.39, 0.29) is 24.8 Å². The Labute approximate surface area is 223 Å². The van der Waals surface area contributed by atoms with Crippen LogP contribution in [0.15, 0.2) is 82.7 Å². The number of carboxylic acids is 1. The Kier molecular flexibility index (Phi) is 6.98. The molecule has 0 radical (unpaired) electrons. The van der Waals surface area contributed by atoms with Gasteiger partial charge >= 0.3 is 5.97 Å². The minimum atomic E-state index is -1.08. The fourth-order valence-electron chi connectivity index (χ4n) is 4.84. The maximum Gasteiger partial charge on any atom is 0.303 e. The predicted molar refractivity (Wildman–Crippen MR) is 146 cm³/mol. The van der Waals surface area contributed by atoms with Crippen LogP contribution in [0.4, 0.5) is 0 Å². The highest BCUT2D eigenvalue weighted by Gasteiger charge is 2.36. The van der Waals surface area contributed by atoms with E-state index in [0.717, 1.165) is 10.9 Å². The van der Waals surface area contributed by atoms with E-state index in [2.05, 4.69) is 10.1 Å². The number of para-hydroxylation sites is 2. The molecule has 38 heavy (non-hydrogen) atoms. The van der Waals surface area contributed by atoms with Crippen molar-refractivity contribution in [1.29, 1.82) is 0 Å². The van der Waals surface area contributed by atoms with Gasteiger partial charge in [0.25, 0.3) is 5.56 Å². The second kappa shape index (κ2) is 10.5. The van der Waals surface area contributed by atoms with Crippen LogP contribution in [0, 0.1) is 0 Å². The van der Waals surface area contributed by atoms with E-state index in [1.54, 1.807) is 25.3 Å². The number of halogens is 1. The van der Waals surface area contributed by atoms with Crippen LogP contribution in [0.3, 0.4) is 0 Å². The molecule has 0 fully saturated rings. The summed E-state index contributed by atoms with van der Waals surface area (Å²) in [6.07, 6.45) is -0.317. The summed E-state index contributed by atoms with van der Waals surface area (Å²) in [6, 6.07) is 21.4. The maximum atomic E-state index is 13.6. The standard InChI is InChI=1S/C29H24ClN3O5/c1-38-24-9-5-3-7-20(24)23-16-22(32-33(23)25(34)14-15-26(35)36)28-27(17-10-12-18(30)13-11-17)19-6-2-4-8-21(19)31-29(28)37/h2-13,23H,14-16H2,1H3,(H,31,37)(H,35,36)/t23-/m0/s1. The number of nitrogens with one attached hydrogen (secondary N) is 1. The Hall–Kier alpha value is -4.43. The molecule has 0 bridgehead atoms. The first kappa shape index (κ1) is 25.2. The van der Waals surface area contributed by atoms with Crippen molar-refractivity contribution in [2.24, 2.45) is 5.10 Å². The summed E-state index contributed by atoms with van der Waals surface area (Å²) in [4.78, 5) is 40.9. The summed E-state index contributed by atoms with van der Waals surface area (Å²) >= 11 is 6.15. The van der Waals surface area contributed by atoms with Crippen LogP contribution >= 0.6 is 11.6 Å². The van der Waals surface area contributed by atoms with E-state index in [1.165, 1.54) is 5.01 Å². The number of carbonyl (C=O) groups excluding carboxylic acids is 1. The Bertz CT molecular complexity index is 1630. The van der Waals surface area contributed by atoms with Crippen molar-refractivity contribution >= 4 is 40.1 Å². The molecule has 0 unspecified atom stereocenters. The number of fused-ring (bicyclic) bond motifs is 1. The number of rotatable bonds is 7. The number of H-pyrrole nitrogens is 1. The monoisotopic (exact) mass is 529 g/mol. The third-order valence-electron chi connectivity index (χ3n) is 6.56. The van der Waals surface area contributed by atoms with Gasteiger partial charge in [0.15, 0.2) is 0 Å². The van der Waals surface area contributed by atoms with Crippen molar-refractivity contribution in [3.8, 4) is 16.9 Å². The summed E-state index contributed by atoms with van der Waals surface area (Å²) in [6.45, 7) is 0. The number of hydrogen-bond donors (Lipinski definition) is 2. The molecule has 3 aromatic carbocycles. The molecule has 8 nitrogen and oxygen atoms in total. The SMILES string of the molecule is COc1ccccc1[C@@H]1CC(c2c(-c3ccc(Cl)cc3)c3ccccc3[nH]c2=O)=NN1C(=O)CCC(=O)O. The largest absolute Gasteiger partial charge is 0.496 e. The average Bonchev–Trinajstić information content (AvgIpc) is 3.36. The highest BCUT2D eigenvalue weighted by Crippen LogP contribution is 2.40. The molecule has 9 heteroatoms. The second-order valence-electron chi connectivity index (χ2n) is 8.90. The molecule has 0 saturated heterocycles. The molecule has 1 aliphatic heterocycles. The molecule has 0 spiro atoms. The summed E-state index contributed by atoms with van der Waals surface area (Å²) < 4.78 is 5.55. The van der Waals surface area contributed by atoms with Gasteiger partial charge < -0.3 is 14.8 Å². The zero-order chi connectivity index (χ0) is 26.8. The second-order valence-corrected chi connectivity index (χ2v) is 9.33. The number of pyridine rings is 1. The molecule has 1 aromatic heterocycles. The molecule has 1 atom stereocenters. The number of benzene rings is 3. The molecule has 1 amide bonds. The number of hydrogen-bond acceptors (Lipinski definition) is 5. The van der Waals surface area contributed by atoms with Gasteiger partial charge in [0.2, 0.25) is 5.91 Å². The molecule has 192 valence electrons. The first-order valence-electron chi connectivity index (χ1n) is 12.0. The fraction of sp³-hybridized carbons (Fsp3) is 0.172. The lowest BCUT2D eigenvalue weighted by molar-refractivity contribution is -0.141. The lowest BCUT2D eigenvalue weighted by Crippen LogP contribution is -2.27. The van der Waals surface area contributed by atoms with Gasteiger partial charge in [0.1, 0.15) is 5.75 Å². The zero-order valence-corrected chi connectivity index (χ0v) is 21.2. The van der Waals surface area contributed by atoms with E-state index in [1.807, 2.05) is 54.6 Å². The number of carbonyl (C=O) groups is 2. The molecule has 5 rings (SSSR count). The average molecular weight is 530 g/mol. The zero-order valence-electron chi connectivity index (χ0n) is 20.5. The minimum absolute atomic E-state index is 0.226. The first-order chi connectivity index (χ1) is 18.4. The maximum absolute atomic E-state index is 13.6. The number of amides is 1. The molecule has 2 N–H and O–H groups in total. The Morgan fingerprint density at radius 1 is 1.03 bits per heavy atom. The van der Waals surface area contributed by atoms with E-state index >= 15 is 0 Å². The van der Waals surface area contributed by atoms with Crippen molar-refractivity contribution < 1.29 is 19.4 Å². The van der Waals surface area contributed by atoms with Gasteiger partial charge in [-0.05, 0) is 29.8 Å². The summed E-state index contributed by atoms with van der Waals surface area (Å²) in [5.74, 6) is -0.967. The Morgan fingerprint density at radius 3 is 2.47 bits per heavy atom. The van der Waals surface area contributed by atoms with Crippen LogP contribution in [0.1, 0.15) is 36.4 Å². The quantitative estimate of drug-likeness (QED) is 0.333. The van der Waals surface area contributed by atoms with Crippen LogP contribution in [-0.4, -0.2) is 39.8 Å². The van der Waals surface area contributed by atoms with Crippen LogP contribution in [0.5, 0.6) is 5.75 Å². The fourth-order valence-corrected chi connectivity index (χ4v) is 4.96. The molecule has 0 aliphatic carbocycles. The molecule has 2 heterocycles. The Balaban J connectivity index is 1.70. The number of aliphatic carboxylic acids is 1. The predicted octanol–water partition coefficient (Wildman–Crippen LogP) is 5.40. The van der Waals surface area contributed by atoms with Gasteiger partial charge in [-0.25, -0.2) is 5.01 Å². The number of ether oxygens (including phenoxy) is 1. The van der Waals surface area contributed by atoms with Crippen molar-refractivity contribution in [1.82, 2.24) is 9.99 Å². The van der Waals surface area contributed by atoms with Gasteiger partial charge in [-0.3, -0.25) is 14.4 Å². The van der Waals surface area contributed by atoms with E-state index < -0.39 is 17.9 Å². The van der Waals surface area contributed by atoms with Crippen LogP contribution < -0.4 is 10.3 Å². The topological polar surface area (TPSA) is 112 Å². The van der Waals surface area contributed by atoms with Gasteiger partial charge in [-0.1, -0.05) is 60.1 Å². The van der Waals surface area contributed by atoms with E-state index in [9.17, 15) is 14.4 Å². The lowest BCUT2D eigenvalue weighted by Gasteiger charge is -2.23. The smallest absolute Gasteiger partial charge is 0.303 e. The van der Waals surface area contributed by atoms with Gasteiger partial charge in [-0.15, -0.1) is 0 Å². The summed E-state index contributed by atoms with van der Waals surface area (Å²) in [5.41, 5.74) is 3.26. The number of carboxylic acid groups (broad SMARTS) is 1. The van der Waals surface area contributed by atoms with Gasteiger partial charge in [0, 0.05) is 39.9 Å². The molecule has 1 aliphatic rings. The van der Waals surface area contributed by atoms with Crippen molar-refractivity contribution in [3.05, 3.63) is 99.3 Å². The van der Waals surface area contributed by atoms with Crippen molar-refractivity contribution in [2.75, 3.05) is 7.11 Å². The van der Waals surface area contributed by atoms with Crippen LogP contribution in [-0.2, 0) is 9.59 Å². The van der Waals surface area contributed by atoms with Crippen LogP contribution in [0.25, 0.3) is 22.0 Å². The minimum Gasteiger partial charge on any atom is -0.496 e. The number of nitrogens with zero attached hydrogens (tertiary/aromatic N) is 2. The Morgan fingerprint density at radius 2 is 1.74 bits per heavy atom. The van der Waals surface area contributed by atoms with Crippen molar-refractivity contribution in [2.45, 2.75) is 25.3 Å². The lowest BCUT2D eigenvalue weighted by atomic mass is 9.91.